The number of nitrogens with one attached hydrogen (secondary N) is 1. The molecule has 92 valence electrons. The third-order valence-corrected chi connectivity index (χ3v) is 3.68. The molecule has 2 heteroatoms. The number of piperidine rings is 1. The lowest BCUT2D eigenvalue weighted by Crippen LogP contribution is -2.52. The van der Waals surface area contributed by atoms with Crippen LogP contribution in [-0.2, 0) is 11.2 Å². The minimum Gasteiger partial charge on any atom is -0.305 e. The molecule has 1 heterocycles. The molecule has 0 spiro atoms. The maximum Gasteiger partial charge on any atom is 0.156 e. The number of Topliss-reactive ketones (excluding diaryl/α,β-unsaturated/α-hetero) is 1. The van der Waals surface area contributed by atoms with Crippen molar-refractivity contribution in [1.29, 1.82) is 0 Å². The second-order valence-corrected chi connectivity index (χ2v) is 5.30. The zero-order chi connectivity index (χ0) is 12.3. The number of hydrogen-bond donors (Lipinski definition) is 1. The Balaban J connectivity index is 2.05. The number of ketones is 1. The van der Waals surface area contributed by atoms with Gasteiger partial charge in [-0.1, -0.05) is 29.8 Å². The molecule has 1 saturated heterocycles. The van der Waals surface area contributed by atoms with E-state index >= 15 is 0 Å². The van der Waals surface area contributed by atoms with Gasteiger partial charge in [-0.3, -0.25) is 4.79 Å². The van der Waals surface area contributed by atoms with Crippen LogP contribution in [0.5, 0.6) is 0 Å². The van der Waals surface area contributed by atoms with E-state index in [0.717, 1.165) is 24.9 Å². The largest absolute Gasteiger partial charge is 0.305 e. The van der Waals surface area contributed by atoms with E-state index in [1.807, 2.05) is 19.1 Å². The zero-order valence-corrected chi connectivity index (χ0v) is 10.8. The van der Waals surface area contributed by atoms with Crippen molar-refractivity contribution in [3.8, 4) is 0 Å². The molecule has 1 N–H and O–H groups in total. The van der Waals surface area contributed by atoms with Crippen LogP contribution < -0.4 is 5.32 Å². The maximum absolute atomic E-state index is 12.3. The molecule has 0 aliphatic carbocycles. The van der Waals surface area contributed by atoms with Crippen LogP contribution in [0.2, 0.25) is 0 Å². The summed E-state index contributed by atoms with van der Waals surface area (Å²) in [5.74, 6) is 0.322. The van der Waals surface area contributed by atoms with Gasteiger partial charge in [-0.25, -0.2) is 0 Å². The molecule has 2 nitrogen and oxygen atoms in total. The van der Waals surface area contributed by atoms with Crippen molar-refractivity contribution in [2.24, 2.45) is 0 Å². The van der Waals surface area contributed by atoms with Gasteiger partial charge in [0, 0.05) is 6.42 Å². The summed E-state index contributed by atoms with van der Waals surface area (Å²) in [6.07, 6.45) is 3.86. The normalized spacial score (nSPS) is 24.6. The molecule has 0 amide bonds. The number of rotatable bonds is 3. The highest BCUT2D eigenvalue weighted by Crippen LogP contribution is 2.21. The number of benzene rings is 1. The van der Waals surface area contributed by atoms with Crippen LogP contribution in [-0.4, -0.2) is 17.9 Å². The summed E-state index contributed by atoms with van der Waals surface area (Å²) in [7, 11) is 0. The highest BCUT2D eigenvalue weighted by atomic mass is 16.1. The first kappa shape index (κ1) is 12.3. The van der Waals surface area contributed by atoms with Crippen molar-refractivity contribution < 1.29 is 4.79 Å². The monoisotopic (exact) mass is 231 g/mol. The van der Waals surface area contributed by atoms with Crippen molar-refractivity contribution in [2.75, 3.05) is 6.54 Å². The van der Waals surface area contributed by atoms with Gasteiger partial charge in [-0.2, -0.15) is 0 Å². The fourth-order valence-corrected chi connectivity index (χ4v) is 2.50. The molecule has 1 aromatic rings. The number of carbonyl (C=O) groups excluding carboxylic acids is 1. The molecule has 17 heavy (non-hydrogen) atoms. The molecule has 1 aliphatic rings. The number of carbonyl (C=O) groups is 1. The third-order valence-electron chi connectivity index (χ3n) is 3.68. The Labute approximate surface area is 103 Å². The van der Waals surface area contributed by atoms with Gasteiger partial charge in [-0.05, 0) is 45.2 Å². The van der Waals surface area contributed by atoms with Crippen LogP contribution in [0.4, 0.5) is 0 Å². The first-order chi connectivity index (χ1) is 8.10. The topological polar surface area (TPSA) is 29.1 Å². The Morgan fingerprint density at radius 2 is 2.24 bits per heavy atom. The van der Waals surface area contributed by atoms with Gasteiger partial charge < -0.3 is 5.32 Å². The smallest absolute Gasteiger partial charge is 0.156 e. The lowest BCUT2D eigenvalue weighted by molar-refractivity contribution is -0.125. The van der Waals surface area contributed by atoms with Crippen LogP contribution in [0.3, 0.4) is 0 Å². The van der Waals surface area contributed by atoms with Gasteiger partial charge in [0.1, 0.15) is 0 Å². The van der Waals surface area contributed by atoms with Gasteiger partial charge in [0.2, 0.25) is 0 Å². The van der Waals surface area contributed by atoms with Crippen LogP contribution >= 0.6 is 0 Å². The molecule has 1 atom stereocenters. The van der Waals surface area contributed by atoms with Crippen LogP contribution in [0, 0.1) is 6.92 Å². The summed E-state index contributed by atoms with van der Waals surface area (Å²) < 4.78 is 0. The first-order valence-corrected chi connectivity index (χ1v) is 6.44. The summed E-state index contributed by atoms with van der Waals surface area (Å²) in [5.41, 5.74) is 2.04. The second-order valence-electron chi connectivity index (χ2n) is 5.30. The average molecular weight is 231 g/mol. The molecule has 0 bridgehead atoms. The Hall–Kier alpha value is -1.15. The summed E-state index contributed by atoms with van der Waals surface area (Å²) in [6, 6.07) is 8.23. The highest BCUT2D eigenvalue weighted by Gasteiger charge is 2.33. The standard InChI is InChI=1S/C15H21NO/c1-12-6-5-7-13(10-12)11-14(17)15(2)8-3-4-9-16-15/h5-7,10,16H,3-4,8-9,11H2,1-2H3. The van der Waals surface area contributed by atoms with E-state index in [2.05, 4.69) is 24.4 Å². The summed E-state index contributed by atoms with van der Waals surface area (Å²) >= 11 is 0. The predicted octanol–water partition coefficient (Wildman–Crippen LogP) is 2.64. The van der Waals surface area contributed by atoms with Crippen molar-refractivity contribution in [1.82, 2.24) is 5.32 Å². The average Bonchev–Trinajstić information content (AvgIpc) is 2.30. The molecule has 1 fully saturated rings. The van der Waals surface area contributed by atoms with E-state index in [-0.39, 0.29) is 5.54 Å². The van der Waals surface area contributed by atoms with Crippen molar-refractivity contribution >= 4 is 5.78 Å². The lowest BCUT2D eigenvalue weighted by Gasteiger charge is -2.33. The minimum absolute atomic E-state index is 0.304. The van der Waals surface area contributed by atoms with Crippen LogP contribution in [0.15, 0.2) is 24.3 Å². The second kappa shape index (κ2) is 5.01. The Kier molecular flexibility index (Phi) is 3.63. The van der Waals surface area contributed by atoms with E-state index in [9.17, 15) is 4.79 Å². The maximum atomic E-state index is 12.3. The molecule has 1 aliphatic heterocycles. The van der Waals surface area contributed by atoms with Gasteiger partial charge >= 0.3 is 0 Å². The molecular weight excluding hydrogens is 210 g/mol. The van der Waals surface area contributed by atoms with Gasteiger partial charge in [0.15, 0.2) is 5.78 Å². The number of hydrogen-bond acceptors (Lipinski definition) is 2. The summed E-state index contributed by atoms with van der Waals surface area (Å²) in [6.45, 7) is 5.08. The fraction of sp³-hybridized carbons (Fsp3) is 0.533. The molecule has 1 unspecified atom stereocenters. The van der Waals surface area contributed by atoms with E-state index in [4.69, 9.17) is 0 Å². The Morgan fingerprint density at radius 3 is 2.88 bits per heavy atom. The SMILES string of the molecule is Cc1cccc(CC(=O)C2(C)CCCCN2)c1. The van der Waals surface area contributed by atoms with Crippen molar-refractivity contribution in [3.05, 3.63) is 35.4 Å². The molecule has 0 aromatic heterocycles. The summed E-state index contributed by atoms with van der Waals surface area (Å²) in [5, 5.41) is 3.38. The van der Waals surface area contributed by atoms with Gasteiger partial charge in [-0.15, -0.1) is 0 Å². The van der Waals surface area contributed by atoms with E-state index < -0.39 is 0 Å². The fourth-order valence-electron chi connectivity index (χ4n) is 2.50. The third kappa shape index (κ3) is 2.95. The van der Waals surface area contributed by atoms with Gasteiger partial charge in [0.25, 0.3) is 0 Å². The van der Waals surface area contributed by atoms with Crippen molar-refractivity contribution in [2.45, 2.75) is 45.1 Å². The predicted molar refractivity (Wildman–Crippen MR) is 70.1 cm³/mol. The minimum atomic E-state index is -0.304. The Bertz CT molecular complexity index is 405. The summed E-state index contributed by atoms with van der Waals surface area (Å²) in [4.78, 5) is 12.3. The van der Waals surface area contributed by atoms with Crippen molar-refractivity contribution in [3.63, 3.8) is 0 Å². The molecule has 0 saturated carbocycles. The van der Waals surface area contributed by atoms with E-state index in [1.54, 1.807) is 0 Å². The van der Waals surface area contributed by atoms with E-state index in [1.165, 1.54) is 12.0 Å². The van der Waals surface area contributed by atoms with Crippen LogP contribution in [0.1, 0.15) is 37.3 Å². The highest BCUT2D eigenvalue weighted by molar-refractivity contribution is 5.89. The van der Waals surface area contributed by atoms with E-state index in [0.29, 0.717) is 12.2 Å². The Morgan fingerprint density at radius 1 is 1.41 bits per heavy atom. The van der Waals surface area contributed by atoms with Crippen LogP contribution in [0.25, 0.3) is 0 Å². The zero-order valence-electron chi connectivity index (χ0n) is 10.8. The molecule has 0 radical (unpaired) electrons. The number of aryl methyl sites for hydroxylation is 1. The quantitative estimate of drug-likeness (QED) is 0.866. The first-order valence-electron chi connectivity index (χ1n) is 6.44. The molecule has 1 aromatic carbocycles. The van der Waals surface area contributed by atoms with Gasteiger partial charge in [0.05, 0.1) is 5.54 Å². The lowest BCUT2D eigenvalue weighted by atomic mass is 9.84. The molecule has 2 rings (SSSR count). The molecular formula is C15H21NO.